The van der Waals surface area contributed by atoms with Crippen molar-refractivity contribution in [3.8, 4) is 11.5 Å². The van der Waals surface area contributed by atoms with E-state index >= 15 is 0 Å². The van der Waals surface area contributed by atoms with Gasteiger partial charge in [-0.05, 0) is 35.4 Å². The average Bonchev–Trinajstić information content (AvgIpc) is 3.20. The van der Waals surface area contributed by atoms with Gasteiger partial charge in [-0.3, -0.25) is 4.68 Å². The highest BCUT2D eigenvalue weighted by molar-refractivity contribution is 7.89. The molecule has 3 aromatic rings. The zero-order valence-electron chi connectivity index (χ0n) is 18.9. The van der Waals surface area contributed by atoms with Gasteiger partial charge in [0.05, 0.1) is 33.1 Å². The summed E-state index contributed by atoms with van der Waals surface area (Å²) < 4.78 is 46.0. The van der Waals surface area contributed by atoms with Crippen molar-refractivity contribution in [1.29, 1.82) is 0 Å². The second kappa shape index (κ2) is 9.14. The molecule has 1 aromatic heterocycles. The topological polar surface area (TPSA) is 109 Å². The molecule has 1 aliphatic rings. The van der Waals surface area contributed by atoms with Gasteiger partial charge in [0.2, 0.25) is 0 Å². The minimum Gasteiger partial charge on any atom is -0.497 e. The molecule has 2 heterocycles. The summed E-state index contributed by atoms with van der Waals surface area (Å²) >= 11 is 0. The van der Waals surface area contributed by atoms with Gasteiger partial charge < -0.3 is 19.9 Å². The molecule has 176 valence electrons. The summed E-state index contributed by atoms with van der Waals surface area (Å²) in [5.41, 5.74) is 7.89. The van der Waals surface area contributed by atoms with Gasteiger partial charge in [0.1, 0.15) is 17.0 Å². The predicted molar refractivity (Wildman–Crippen MR) is 122 cm³/mol. The molecule has 2 aromatic carbocycles. The largest absolute Gasteiger partial charge is 0.497 e. The molecular formula is C23H28N4O5S. The highest BCUT2D eigenvalue weighted by Gasteiger charge is 2.40. The van der Waals surface area contributed by atoms with Crippen molar-refractivity contribution in [2.75, 3.05) is 27.4 Å². The molecule has 1 aliphatic heterocycles. The molecule has 1 fully saturated rings. The number of ether oxygens (including phenoxy) is 3. The molecule has 4 rings (SSSR count). The van der Waals surface area contributed by atoms with E-state index in [9.17, 15) is 8.42 Å². The lowest BCUT2D eigenvalue weighted by molar-refractivity contribution is -0.0607. The second-order valence-corrected chi connectivity index (χ2v) is 9.99. The molecule has 10 heteroatoms. The second-order valence-electron chi connectivity index (χ2n) is 8.11. The summed E-state index contributed by atoms with van der Waals surface area (Å²) in [4.78, 5) is 0. The number of methoxy groups -OCH3 is 2. The maximum atomic E-state index is 13.7. The Hall–Kier alpha value is -2.92. The first-order chi connectivity index (χ1) is 15.7. The quantitative estimate of drug-likeness (QED) is 0.507. The molecule has 33 heavy (non-hydrogen) atoms. The first kappa shape index (κ1) is 23.2. The number of rotatable bonds is 9. The van der Waals surface area contributed by atoms with Crippen LogP contribution < -0.4 is 15.2 Å². The molecule has 2 N–H and O–H groups in total. The third kappa shape index (κ3) is 4.74. The first-order valence-corrected chi connectivity index (χ1v) is 11.9. The van der Waals surface area contributed by atoms with Gasteiger partial charge in [-0.1, -0.05) is 24.3 Å². The summed E-state index contributed by atoms with van der Waals surface area (Å²) in [5.74, 6) is 1.40. The van der Waals surface area contributed by atoms with Gasteiger partial charge in [-0.2, -0.15) is 9.40 Å². The Morgan fingerprint density at radius 3 is 1.88 bits per heavy atom. The van der Waals surface area contributed by atoms with Crippen molar-refractivity contribution < 1.29 is 22.6 Å². The number of nitrogens with two attached hydrogens (primary N) is 1. The summed E-state index contributed by atoms with van der Waals surface area (Å²) in [6.07, 6.45) is 0. The molecule has 9 nitrogen and oxygen atoms in total. The van der Waals surface area contributed by atoms with Crippen LogP contribution >= 0.6 is 0 Å². The Morgan fingerprint density at radius 1 is 1.00 bits per heavy atom. The molecule has 1 saturated heterocycles. The van der Waals surface area contributed by atoms with Crippen LogP contribution in [0, 0.1) is 0 Å². The van der Waals surface area contributed by atoms with Crippen LogP contribution in [0.5, 0.6) is 11.5 Å². The molecule has 0 bridgehead atoms. The van der Waals surface area contributed by atoms with Crippen molar-refractivity contribution in [2.45, 2.75) is 23.7 Å². The number of aryl methyl sites for hydroxylation is 1. The lowest BCUT2D eigenvalue weighted by atomic mass is 9.95. The van der Waals surface area contributed by atoms with E-state index in [-0.39, 0.29) is 18.1 Å². The zero-order valence-corrected chi connectivity index (χ0v) is 19.7. The van der Waals surface area contributed by atoms with E-state index in [1.165, 1.54) is 8.99 Å². The van der Waals surface area contributed by atoms with Crippen molar-refractivity contribution >= 4 is 10.0 Å². The first-order valence-electron chi connectivity index (χ1n) is 10.4. The minimum atomic E-state index is -3.93. The van der Waals surface area contributed by atoms with Crippen LogP contribution in [-0.2, 0) is 40.4 Å². The molecule has 0 aliphatic carbocycles. The lowest BCUT2D eigenvalue weighted by Crippen LogP contribution is -2.55. The fraction of sp³-hybridized carbons (Fsp3) is 0.348. The van der Waals surface area contributed by atoms with Crippen LogP contribution in [0.4, 0.5) is 0 Å². The smallest absolute Gasteiger partial charge is 0.263 e. The van der Waals surface area contributed by atoms with Gasteiger partial charge in [-0.25, -0.2) is 8.42 Å². The van der Waals surface area contributed by atoms with Crippen LogP contribution in [0.2, 0.25) is 0 Å². The summed E-state index contributed by atoms with van der Waals surface area (Å²) in [5, 5.41) is 4.26. The van der Waals surface area contributed by atoms with Crippen molar-refractivity contribution in [3.05, 3.63) is 71.4 Å². The molecule has 0 saturated carbocycles. The van der Waals surface area contributed by atoms with E-state index in [4.69, 9.17) is 19.9 Å². The molecular weight excluding hydrogens is 444 g/mol. The van der Waals surface area contributed by atoms with E-state index in [1.807, 2.05) is 24.3 Å². The summed E-state index contributed by atoms with van der Waals surface area (Å²) in [6.45, 7) is 0.989. The Labute approximate surface area is 193 Å². The van der Waals surface area contributed by atoms with Gasteiger partial charge in [0.25, 0.3) is 10.0 Å². The maximum absolute atomic E-state index is 13.7. The van der Waals surface area contributed by atoms with Gasteiger partial charge in [0.15, 0.2) is 5.03 Å². The fourth-order valence-electron chi connectivity index (χ4n) is 3.73. The monoisotopic (exact) mass is 472 g/mol. The van der Waals surface area contributed by atoms with E-state index < -0.39 is 15.6 Å². The van der Waals surface area contributed by atoms with Gasteiger partial charge in [-0.15, -0.1) is 0 Å². The molecule has 0 unspecified atom stereocenters. The van der Waals surface area contributed by atoms with Crippen LogP contribution in [0.1, 0.15) is 16.8 Å². The number of nitrogens with zero attached hydrogens (tertiary/aromatic N) is 3. The van der Waals surface area contributed by atoms with Crippen LogP contribution in [0.25, 0.3) is 0 Å². The van der Waals surface area contributed by atoms with Crippen molar-refractivity contribution in [1.82, 2.24) is 14.1 Å². The SMILES string of the molecule is COc1ccc(CN(Cc2ccc(OC)cc2)S(=O)(=O)c2cc(C3(N)COC3)n(C)n2)cc1. The molecule has 0 radical (unpaired) electrons. The van der Waals surface area contributed by atoms with Crippen LogP contribution in [0.15, 0.2) is 59.6 Å². The normalized spacial score (nSPS) is 15.3. The van der Waals surface area contributed by atoms with Crippen molar-refractivity contribution in [3.63, 3.8) is 0 Å². The molecule has 0 spiro atoms. The maximum Gasteiger partial charge on any atom is 0.263 e. The number of hydrogen-bond acceptors (Lipinski definition) is 7. The fourth-order valence-corrected chi connectivity index (χ4v) is 5.12. The minimum absolute atomic E-state index is 0.0428. The van der Waals surface area contributed by atoms with E-state index in [1.54, 1.807) is 51.6 Å². The zero-order chi connectivity index (χ0) is 23.6. The standard InChI is InChI=1S/C23H28N4O5S/c1-26-21(23(24)15-32-16-23)12-22(25-26)33(28,29)27(13-17-4-8-19(30-2)9-5-17)14-18-6-10-20(31-3)11-7-18/h4-12H,13-16,24H2,1-3H3. The lowest BCUT2D eigenvalue weighted by Gasteiger charge is -2.37. The van der Waals surface area contributed by atoms with Gasteiger partial charge >= 0.3 is 0 Å². The van der Waals surface area contributed by atoms with Crippen LogP contribution in [-0.4, -0.2) is 49.9 Å². The Kier molecular flexibility index (Phi) is 6.44. The van der Waals surface area contributed by atoms with E-state index in [0.717, 1.165) is 11.1 Å². The van der Waals surface area contributed by atoms with Crippen LogP contribution in [0.3, 0.4) is 0 Å². The highest BCUT2D eigenvalue weighted by Crippen LogP contribution is 2.30. The number of aromatic nitrogens is 2. The number of sulfonamides is 1. The Bertz CT molecular complexity index is 1150. The van der Waals surface area contributed by atoms with E-state index in [2.05, 4.69) is 5.10 Å². The van der Waals surface area contributed by atoms with E-state index in [0.29, 0.717) is 30.4 Å². The predicted octanol–water partition coefficient (Wildman–Crippen LogP) is 2.01. The summed E-state index contributed by atoms with van der Waals surface area (Å²) in [6, 6.07) is 16.2. The Morgan fingerprint density at radius 2 is 1.48 bits per heavy atom. The molecule has 0 amide bonds. The number of benzene rings is 2. The van der Waals surface area contributed by atoms with Crippen molar-refractivity contribution in [2.24, 2.45) is 12.8 Å². The van der Waals surface area contributed by atoms with Gasteiger partial charge in [0, 0.05) is 26.2 Å². The summed E-state index contributed by atoms with van der Waals surface area (Å²) in [7, 11) is 0.938. The Balaban J connectivity index is 1.67. The third-order valence-corrected chi connectivity index (χ3v) is 7.39. The third-order valence-electron chi connectivity index (χ3n) is 5.73. The average molecular weight is 473 g/mol. The molecule has 0 atom stereocenters. The number of hydrogen-bond donors (Lipinski definition) is 1. The highest BCUT2D eigenvalue weighted by atomic mass is 32.2.